The molecule has 1 fully saturated rings. The number of nitrogens with one attached hydrogen (secondary N) is 2. The van der Waals surface area contributed by atoms with E-state index in [4.69, 9.17) is 0 Å². The molecule has 0 unspecified atom stereocenters. The molecule has 0 atom stereocenters. The van der Waals surface area contributed by atoms with Crippen molar-refractivity contribution in [2.45, 2.75) is 26.3 Å². The fourth-order valence-electron chi connectivity index (χ4n) is 3.63. The van der Waals surface area contributed by atoms with Gasteiger partial charge in [-0.25, -0.2) is 9.48 Å². The predicted molar refractivity (Wildman–Crippen MR) is 123 cm³/mol. The monoisotopic (exact) mass is 481 g/mol. The second-order valence-corrected chi connectivity index (χ2v) is 8.45. The summed E-state index contributed by atoms with van der Waals surface area (Å²) in [5.41, 5.74) is 3.82. The third-order valence-corrected chi connectivity index (χ3v) is 5.88. The largest absolute Gasteiger partial charge is 0.348 e. The zero-order valence-electron chi connectivity index (χ0n) is 17.3. The van der Waals surface area contributed by atoms with Gasteiger partial charge in [0.2, 0.25) is 0 Å². The van der Waals surface area contributed by atoms with Gasteiger partial charge in [0.25, 0.3) is 5.91 Å². The van der Waals surface area contributed by atoms with E-state index >= 15 is 0 Å². The number of likely N-dealkylation sites (tertiary alicyclic amines) is 1. The standard InChI is InChI=1S/C23H24BrN5O2/c1-16-21(15-26-29(16)20-9-7-18(24)8-10-20)22(30)25-14-17-5-4-6-19(13-17)27-23(31)28-11-2-3-12-28/h4-10,13,15H,2-3,11-12,14H2,1H3,(H,25,30)(H,27,31). The first-order valence-corrected chi connectivity index (χ1v) is 11.0. The van der Waals surface area contributed by atoms with Gasteiger partial charge < -0.3 is 15.5 Å². The van der Waals surface area contributed by atoms with Crippen LogP contribution < -0.4 is 10.6 Å². The van der Waals surface area contributed by atoms with Gasteiger partial charge in [0.05, 0.1) is 23.1 Å². The molecule has 7 nitrogen and oxygen atoms in total. The quantitative estimate of drug-likeness (QED) is 0.562. The number of anilines is 1. The molecule has 0 spiro atoms. The summed E-state index contributed by atoms with van der Waals surface area (Å²) < 4.78 is 2.73. The number of hydrogen-bond acceptors (Lipinski definition) is 3. The molecule has 0 saturated carbocycles. The van der Waals surface area contributed by atoms with Crippen LogP contribution in [0.2, 0.25) is 0 Å². The van der Waals surface area contributed by atoms with Crippen molar-refractivity contribution in [1.82, 2.24) is 20.0 Å². The molecule has 0 aliphatic carbocycles. The maximum Gasteiger partial charge on any atom is 0.321 e. The van der Waals surface area contributed by atoms with Crippen molar-refractivity contribution in [3.05, 3.63) is 76.0 Å². The number of amides is 3. The van der Waals surface area contributed by atoms with Gasteiger partial charge in [0.1, 0.15) is 0 Å². The molecular weight excluding hydrogens is 458 g/mol. The highest BCUT2D eigenvalue weighted by molar-refractivity contribution is 9.10. The smallest absolute Gasteiger partial charge is 0.321 e. The lowest BCUT2D eigenvalue weighted by Crippen LogP contribution is -2.32. The average Bonchev–Trinajstić information content (AvgIpc) is 3.43. The topological polar surface area (TPSA) is 79.3 Å². The minimum absolute atomic E-state index is 0.0744. The second kappa shape index (κ2) is 9.34. The Morgan fingerprint density at radius 2 is 1.84 bits per heavy atom. The van der Waals surface area contributed by atoms with Crippen molar-refractivity contribution in [3.63, 3.8) is 0 Å². The Hall–Kier alpha value is -3.13. The van der Waals surface area contributed by atoms with E-state index in [9.17, 15) is 9.59 Å². The van der Waals surface area contributed by atoms with E-state index in [0.717, 1.165) is 53.0 Å². The fourth-order valence-corrected chi connectivity index (χ4v) is 3.90. The molecule has 2 N–H and O–H groups in total. The Balaban J connectivity index is 1.39. The van der Waals surface area contributed by atoms with Crippen LogP contribution in [0.25, 0.3) is 5.69 Å². The van der Waals surface area contributed by atoms with Gasteiger partial charge in [-0.15, -0.1) is 0 Å². The van der Waals surface area contributed by atoms with E-state index in [2.05, 4.69) is 31.7 Å². The molecule has 8 heteroatoms. The fraction of sp³-hybridized carbons (Fsp3) is 0.261. The molecule has 3 aromatic rings. The molecule has 2 heterocycles. The van der Waals surface area contributed by atoms with Crippen LogP contribution >= 0.6 is 15.9 Å². The molecule has 4 rings (SSSR count). The van der Waals surface area contributed by atoms with Crippen LogP contribution in [0.3, 0.4) is 0 Å². The second-order valence-electron chi connectivity index (χ2n) is 7.54. The Morgan fingerprint density at radius 3 is 2.58 bits per heavy atom. The number of nitrogens with zero attached hydrogens (tertiary/aromatic N) is 3. The molecule has 3 amide bonds. The summed E-state index contributed by atoms with van der Waals surface area (Å²) >= 11 is 3.42. The summed E-state index contributed by atoms with van der Waals surface area (Å²) in [5, 5.41) is 10.2. The number of urea groups is 1. The lowest BCUT2D eigenvalue weighted by Gasteiger charge is -2.16. The van der Waals surface area contributed by atoms with Gasteiger partial charge in [-0.2, -0.15) is 5.10 Å². The molecule has 1 aliphatic heterocycles. The molecule has 0 bridgehead atoms. The molecule has 1 saturated heterocycles. The van der Waals surface area contributed by atoms with Crippen LogP contribution in [0.15, 0.2) is 59.2 Å². The van der Waals surface area contributed by atoms with Crippen LogP contribution in [-0.2, 0) is 6.54 Å². The maximum atomic E-state index is 12.7. The number of aromatic nitrogens is 2. The molecule has 0 radical (unpaired) electrons. The van der Waals surface area contributed by atoms with Crippen molar-refractivity contribution in [2.24, 2.45) is 0 Å². The van der Waals surface area contributed by atoms with Crippen molar-refractivity contribution < 1.29 is 9.59 Å². The lowest BCUT2D eigenvalue weighted by molar-refractivity contribution is 0.0950. The van der Waals surface area contributed by atoms with E-state index in [0.29, 0.717) is 12.1 Å². The minimum Gasteiger partial charge on any atom is -0.348 e. The van der Waals surface area contributed by atoms with Crippen LogP contribution in [0.4, 0.5) is 10.5 Å². The summed E-state index contributed by atoms with van der Waals surface area (Å²) in [7, 11) is 0. The van der Waals surface area contributed by atoms with Crippen LogP contribution in [0.5, 0.6) is 0 Å². The van der Waals surface area contributed by atoms with Gasteiger partial charge in [-0.05, 0) is 61.7 Å². The molecule has 1 aromatic heterocycles. The van der Waals surface area contributed by atoms with E-state index in [1.165, 1.54) is 0 Å². The average molecular weight is 482 g/mol. The first kappa shape index (κ1) is 21.1. The SMILES string of the molecule is Cc1c(C(=O)NCc2cccc(NC(=O)N3CCCC3)c2)cnn1-c1ccc(Br)cc1. The highest BCUT2D eigenvalue weighted by Crippen LogP contribution is 2.18. The number of hydrogen-bond donors (Lipinski definition) is 2. The number of rotatable bonds is 5. The van der Waals surface area contributed by atoms with E-state index < -0.39 is 0 Å². The van der Waals surface area contributed by atoms with Crippen LogP contribution in [-0.4, -0.2) is 39.7 Å². The zero-order valence-corrected chi connectivity index (χ0v) is 18.9. The van der Waals surface area contributed by atoms with Gasteiger partial charge in [-0.3, -0.25) is 4.79 Å². The summed E-state index contributed by atoms with van der Waals surface area (Å²) in [6, 6.07) is 15.2. The third kappa shape index (κ3) is 4.96. The summed E-state index contributed by atoms with van der Waals surface area (Å²) in [5.74, 6) is -0.188. The summed E-state index contributed by atoms with van der Waals surface area (Å²) in [4.78, 5) is 26.8. The van der Waals surface area contributed by atoms with Gasteiger partial charge in [-0.1, -0.05) is 28.1 Å². The number of carbonyl (C=O) groups is 2. The maximum absolute atomic E-state index is 12.7. The third-order valence-electron chi connectivity index (χ3n) is 5.35. The Bertz CT molecular complexity index is 1090. The van der Waals surface area contributed by atoms with Crippen molar-refractivity contribution >= 4 is 33.6 Å². The van der Waals surface area contributed by atoms with E-state index in [-0.39, 0.29) is 11.9 Å². The molecule has 160 valence electrons. The Morgan fingerprint density at radius 1 is 1.10 bits per heavy atom. The van der Waals surface area contributed by atoms with E-state index in [1.807, 2.05) is 60.4 Å². The summed E-state index contributed by atoms with van der Waals surface area (Å²) in [6.45, 7) is 3.83. The number of carbonyl (C=O) groups excluding carboxylic acids is 2. The van der Waals surface area contributed by atoms with Crippen LogP contribution in [0, 0.1) is 6.92 Å². The Kier molecular flexibility index (Phi) is 6.36. The zero-order chi connectivity index (χ0) is 21.8. The highest BCUT2D eigenvalue weighted by Gasteiger charge is 2.18. The van der Waals surface area contributed by atoms with Gasteiger partial charge >= 0.3 is 6.03 Å². The van der Waals surface area contributed by atoms with Crippen molar-refractivity contribution in [2.75, 3.05) is 18.4 Å². The van der Waals surface area contributed by atoms with Crippen molar-refractivity contribution in [1.29, 1.82) is 0 Å². The van der Waals surface area contributed by atoms with E-state index in [1.54, 1.807) is 10.9 Å². The molecular formula is C23H24BrN5O2. The van der Waals surface area contributed by atoms with Crippen molar-refractivity contribution in [3.8, 4) is 5.69 Å². The molecule has 1 aliphatic rings. The highest BCUT2D eigenvalue weighted by atomic mass is 79.9. The van der Waals surface area contributed by atoms with Gasteiger partial charge in [0.15, 0.2) is 0 Å². The number of benzene rings is 2. The predicted octanol–water partition coefficient (Wildman–Crippen LogP) is 4.50. The van der Waals surface area contributed by atoms with Gasteiger partial charge in [0, 0.05) is 29.8 Å². The van der Waals surface area contributed by atoms with Crippen LogP contribution in [0.1, 0.15) is 34.5 Å². The lowest BCUT2D eigenvalue weighted by atomic mass is 10.2. The normalized spacial score (nSPS) is 13.3. The molecule has 31 heavy (non-hydrogen) atoms. The Labute approximate surface area is 189 Å². The minimum atomic E-state index is -0.188. The summed E-state index contributed by atoms with van der Waals surface area (Å²) in [6.07, 6.45) is 3.69. The molecule has 2 aromatic carbocycles. The first-order chi connectivity index (χ1) is 15.0. The number of halogens is 1. The first-order valence-electron chi connectivity index (χ1n) is 10.2.